The van der Waals surface area contributed by atoms with Gasteiger partial charge in [0, 0.05) is 17.7 Å². The zero-order valence-electron chi connectivity index (χ0n) is 9.41. The van der Waals surface area contributed by atoms with E-state index in [2.05, 4.69) is 4.74 Å². The smallest absolute Gasteiger partial charge is 0.374 e. The van der Waals surface area contributed by atoms with Crippen LogP contribution in [0.25, 0.3) is 0 Å². The third-order valence-corrected chi connectivity index (χ3v) is 2.11. The minimum absolute atomic E-state index is 0.00135. The summed E-state index contributed by atoms with van der Waals surface area (Å²) in [5.74, 6) is -2.78. The van der Waals surface area contributed by atoms with Gasteiger partial charge in [-0.2, -0.15) is 0 Å². The topological polar surface area (TPSA) is 104 Å². The second-order valence-corrected chi connectivity index (χ2v) is 3.32. The van der Waals surface area contributed by atoms with Crippen molar-refractivity contribution < 1.29 is 24.0 Å². The van der Waals surface area contributed by atoms with Crippen molar-refractivity contribution in [2.75, 3.05) is 7.11 Å². The Bertz CT molecular complexity index is 522. The molecule has 0 saturated carbocycles. The van der Waals surface area contributed by atoms with Crippen LogP contribution in [0.15, 0.2) is 24.3 Å². The standard InChI is InChI=1S/C11H9NO6/c1-18-11(15)10(14)6-9(13)7-3-2-4-8(5-7)12(16)17/h2-5H,6H2,1H3. The predicted molar refractivity (Wildman–Crippen MR) is 59.1 cm³/mol. The molecule has 0 bridgehead atoms. The molecule has 7 heteroatoms. The molecule has 0 saturated heterocycles. The summed E-state index contributed by atoms with van der Waals surface area (Å²) < 4.78 is 4.16. The summed E-state index contributed by atoms with van der Waals surface area (Å²) >= 11 is 0. The number of hydrogen-bond donors (Lipinski definition) is 0. The number of Topliss-reactive ketones (excluding diaryl/α,β-unsaturated/α-hetero) is 2. The lowest BCUT2D eigenvalue weighted by atomic mass is 10.1. The number of ether oxygens (including phenoxy) is 1. The van der Waals surface area contributed by atoms with Gasteiger partial charge in [-0.05, 0) is 0 Å². The highest BCUT2D eigenvalue weighted by Crippen LogP contribution is 2.14. The first kappa shape index (κ1) is 13.5. The van der Waals surface area contributed by atoms with Gasteiger partial charge >= 0.3 is 5.97 Å². The zero-order chi connectivity index (χ0) is 13.7. The Hall–Kier alpha value is -2.57. The molecular formula is C11H9NO6. The summed E-state index contributed by atoms with van der Waals surface area (Å²) in [7, 11) is 1.03. The lowest BCUT2D eigenvalue weighted by Gasteiger charge is -2.00. The van der Waals surface area contributed by atoms with Crippen LogP contribution in [0, 0.1) is 10.1 Å². The third kappa shape index (κ3) is 3.21. The van der Waals surface area contributed by atoms with Gasteiger partial charge in [0.15, 0.2) is 5.78 Å². The fourth-order valence-corrected chi connectivity index (χ4v) is 1.23. The van der Waals surface area contributed by atoms with E-state index in [4.69, 9.17) is 0 Å². The number of nitrogens with zero attached hydrogens (tertiary/aromatic N) is 1. The van der Waals surface area contributed by atoms with E-state index in [1.807, 2.05) is 0 Å². The molecule has 0 aromatic heterocycles. The van der Waals surface area contributed by atoms with Gasteiger partial charge in [0.25, 0.3) is 5.69 Å². The Morgan fingerprint density at radius 2 is 2.00 bits per heavy atom. The Balaban J connectivity index is 2.85. The number of benzene rings is 1. The van der Waals surface area contributed by atoms with Crippen molar-refractivity contribution in [1.29, 1.82) is 0 Å². The van der Waals surface area contributed by atoms with E-state index >= 15 is 0 Å². The zero-order valence-corrected chi connectivity index (χ0v) is 9.41. The molecule has 0 radical (unpaired) electrons. The van der Waals surface area contributed by atoms with E-state index < -0.39 is 28.9 Å². The molecule has 0 N–H and O–H groups in total. The van der Waals surface area contributed by atoms with Gasteiger partial charge in [-0.15, -0.1) is 0 Å². The number of methoxy groups -OCH3 is 1. The van der Waals surface area contributed by atoms with Crippen molar-refractivity contribution >= 4 is 23.2 Å². The largest absolute Gasteiger partial charge is 0.463 e. The molecule has 0 aliphatic rings. The van der Waals surface area contributed by atoms with Crippen LogP contribution in [0.3, 0.4) is 0 Å². The van der Waals surface area contributed by atoms with Crippen molar-refractivity contribution in [2.24, 2.45) is 0 Å². The maximum atomic E-state index is 11.6. The number of ketones is 2. The van der Waals surface area contributed by atoms with Gasteiger partial charge < -0.3 is 4.74 Å². The molecule has 0 fully saturated rings. The van der Waals surface area contributed by atoms with Crippen LogP contribution in [0.4, 0.5) is 5.69 Å². The van der Waals surface area contributed by atoms with Crippen LogP contribution >= 0.6 is 0 Å². The van der Waals surface area contributed by atoms with Gasteiger partial charge in [-0.3, -0.25) is 19.7 Å². The second-order valence-electron chi connectivity index (χ2n) is 3.32. The van der Waals surface area contributed by atoms with Gasteiger partial charge in [-0.25, -0.2) is 4.79 Å². The van der Waals surface area contributed by atoms with Crippen molar-refractivity contribution in [1.82, 2.24) is 0 Å². The van der Waals surface area contributed by atoms with Crippen LogP contribution in [0.1, 0.15) is 16.8 Å². The molecule has 0 spiro atoms. The lowest BCUT2D eigenvalue weighted by molar-refractivity contribution is -0.384. The van der Waals surface area contributed by atoms with Crippen molar-refractivity contribution in [2.45, 2.75) is 6.42 Å². The van der Waals surface area contributed by atoms with Crippen LogP contribution in [-0.2, 0) is 14.3 Å². The Morgan fingerprint density at radius 1 is 1.33 bits per heavy atom. The molecule has 0 amide bonds. The normalized spacial score (nSPS) is 9.61. The van der Waals surface area contributed by atoms with E-state index in [1.165, 1.54) is 18.2 Å². The summed E-state index contributed by atoms with van der Waals surface area (Å²) in [6, 6.07) is 4.93. The van der Waals surface area contributed by atoms with Crippen molar-refractivity contribution in [3.8, 4) is 0 Å². The number of hydrogen-bond acceptors (Lipinski definition) is 6. The number of nitro benzene ring substituents is 1. The van der Waals surface area contributed by atoms with Gasteiger partial charge in [0.05, 0.1) is 18.5 Å². The number of esters is 1. The van der Waals surface area contributed by atoms with Crippen LogP contribution < -0.4 is 0 Å². The highest BCUT2D eigenvalue weighted by atomic mass is 16.6. The van der Waals surface area contributed by atoms with E-state index in [-0.39, 0.29) is 11.3 Å². The maximum absolute atomic E-state index is 11.6. The second kappa shape index (κ2) is 5.67. The molecular weight excluding hydrogens is 242 g/mol. The van der Waals surface area contributed by atoms with Crippen LogP contribution in [0.2, 0.25) is 0 Å². The first-order valence-corrected chi connectivity index (χ1v) is 4.84. The highest BCUT2D eigenvalue weighted by Gasteiger charge is 2.20. The van der Waals surface area contributed by atoms with Gasteiger partial charge in [-0.1, -0.05) is 12.1 Å². The molecule has 1 aromatic rings. The first-order chi connectivity index (χ1) is 8.45. The Labute approximate surface area is 102 Å². The number of nitro groups is 1. The van der Waals surface area contributed by atoms with E-state index in [0.29, 0.717) is 0 Å². The van der Waals surface area contributed by atoms with Gasteiger partial charge in [0.1, 0.15) is 0 Å². The molecule has 1 aromatic carbocycles. The third-order valence-electron chi connectivity index (χ3n) is 2.11. The van der Waals surface area contributed by atoms with E-state index in [9.17, 15) is 24.5 Å². The van der Waals surface area contributed by atoms with E-state index in [0.717, 1.165) is 13.2 Å². The van der Waals surface area contributed by atoms with Crippen molar-refractivity contribution in [3.05, 3.63) is 39.9 Å². The number of non-ortho nitro benzene ring substituents is 1. The minimum Gasteiger partial charge on any atom is -0.463 e. The molecule has 7 nitrogen and oxygen atoms in total. The molecule has 18 heavy (non-hydrogen) atoms. The molecule has 1 rings (SSSR count). The average Bonchev–Trinajstić information content (AvgIpc) is 2.37. The summed E-state index contributed by atoms with van der Waals surface area (Å²) in [6.07, 6.45) is -0.673. The Kier molecular flexibility index (Phi) is 4.25. The summed E-state index contributed by atoms with van der Waals surface area (Å²) in [5.41, 5.74) is -0.257. The fourth-order valence-electron chi connectivity index (χ4n) is 1.23. The SMILES string of the molecule is COC(=O)C(=O)CC(=O)c1cccc([N+](=O)[O-])c1. The quantitative estimate of drug-likeness (QED) is 0.192. The molecule has 0 aliphatic heterocycles. The summed E-state index contributed by atoms with van der Waals surface area (Å²) in [5, 5.41) is 10.5. The minimum atomic E-state index is -1.12. The van der Waals surface area contributed by atoms with Crippen molar-refractivity contribution in [3.63, 3.8) is 0 Å². The first-order valence-electron chi connectivity index (χ1n) is 4.84. The van der Waals surface area contributed by atoms with E-state index in [1.54, 1.807) is 0 Å². The Morgan fingerprint density at radius 3 is 2.56 bits per heavy atom. The lowest BCUT2D eigenvalue weighted by Crippen LogP contribution is -2.19. The highest BCUT2D eigenvalue weighted by molar-refractivity contribution is 6.38. The molecule has 0 unspecified atom stereocenters. The maximum Gasteiger partial charge on any atom is 0.374 e. The van der Waals surface area contributed by atoms with Crippen LogP contribution in [-0.4, -0.2) is 29.6 Å². The number of rotatable bonds is 5. The predicted octanol–water partition coefficient (Wildman–Crippen LogP) is 0.910. The summed E-state index contributed by atoms with van der Waals surface area (Å²) in [6.45, 7) is 0. The summed E-state index contributed by atoms with van der Waals surface area (Å²) in [4.78, 5) is 43.4. The molecule has 0 heterocycles. The fraction of sp³-hybridized carbons (Fsp3) is 0.182. The molecule has 0 atom stereocenters. The molecule has 94 valence electrons. The number of carbonyl (C=O) groups is 3. The number of carbonyl (C=O) groups excluding carboxylic acids is 3. The van der Waals surface area contributed by atoms with Gasteiger partial charge in [0.2, 0.25) is 5.78 Å². The average molecular weight is 251 g/mol. The van der Waals surface area contributed by atoms with Crippen LogP contribution in [0.5, 0.6) is 0 Å². The monoisotopic (exact) mass is 251 g/mol. The molecule has 0 aliphatic carbocycles.